The van der Waals surface area contributed by atoms with E-state index >= 15 is 0 Å². The average Bonchev–Trinajstić information content (AvgIpc) is 3.50. The van der Waals surface area contributed by atoms with Crippen LogP contribution in [0.4, 0.5) is 5.69 Å². The fraction of sp³-hybridized carbons (Fsp3) is 0.367. The van der Waals surface area contributed by atoms with E-state index in [4.69, 9.17) is 4.74 Å². The van der Waals surface area contributed by atoms with Gasteiger partial charge in [0.05, 0.1) is 30.1 Å². The summed E-state index contributed by atoms with van der Waals surface area (Å²) in [5.74, 6) is -2.57. The second kappa shape index (κ2) is 8.92. The van der Waals surface area contributed by atoms with E-state index in [0.717, 1.165) is 10.8 Å². The summed E-state index contributed by atoms with van der Waals surface area (Å²) in [5.41, 5.74) is -0.718. The Labute approximate surface area is 221 Å². The van der Waals surface area contributed by atoms with E-state index in [-0.39, 0.29) is 18.4 Å². The van der Waals surface area contributed by atoms with Crippen molar-refractivity contribution < 1.29 is 24.2 Å². The number of aliphatic hydroxyl groups is 1. The zero-order valence-corrected chi connectivity index (χ0v) is 21.4. The minimum absolute atomic E-state index is 0.275. The van der Waals surface area contributed by atoms with E-state index in [1.807, 2.05) is 79.7 Å². The van der Waals surface area contributed by atoms with Crippen LogP contribution in [-0.4, -0.2) is 58.6 Å². The number of nitrogens with zero attached hydrogens (tertiary/aromatic N) is 1. The molecular weight excluding hydrogens is 482 g/mol. The van der Waals surface area contributed by atoms with E-state index in [2.05, 4.69) is 10.6 Å². The molecule has 0 aliphatic carbocycles. The number of nitrogens with one attached hydrogen (secondary N) is 2. The summed E-state index contributed by atoms with van der Waals surface area (Å²) in [4.78, 5) is 43.0. The topological polar surface area (TPSA) is 108 Å². The Morgan fingerprint density at radius 3 is 2.45 bits per heavy atom. The van der Waals surface area contributed by atoms with E-state index < -0.39 is 41.0 Å². The number of fused-ring (bicyclic) bond motifs is 2. The van der Waals surface area contributed by atoms with Crippen molar-refractivity contribution >= 4 is 34.2 Å². The van der Waals surface area contributed by atoms with Gasteiger partial charge < -0.3 is 25.4 Å². The summed E-state index contributed by atoms with van der Waals surface area (Å²) < 4.78 is 6.61. The fourth-order valence-corrected chi connectivity index (χ4v) is 7.06. The number of ether oxygens (including phenoxy) is 1. The third kappa shape index (κ3) is 3.47. The monoisotopic (exact) mass is 513 g/mol. The maximum absolute atomic E-state index is 14.2. The summed E-state index contributed by atoms with van der Waals surface area (Å²) in [5, 5.41) is 18.3. The number of amides is 3. The molecule has 2 unspecified atom stereocenters. The van der Waals surface area contributed by atoms with Gasteiger partial charge >= 0.3 is 0 Å². The molecule has 3 saturated heterocycles. The van der Waals surface area contributed by atoms with Crippen LogP contribution in [-0.2, 0) is 19.1 Å². The highest BCUT2D eigenvalue weighted by Gasteiger charge is 2.78. The molecule has 3 fully saturated rings. The predicted octanol–water partition coefficient (Wildman–Crippen LogP) is 3.02. The normalized spacial score (nSPS) is 30.3. The molecule has 38 heavy (non-hydrogen) atoms. The number of likely N-dealkylation sites (tertiary alicyclic amines) is 1. The van der Waals surface area contributed by atoms with Gasteiger partial charge in [-0.05, 0) is 48.2 Å². The van der Waals surface area contributed by atoms with Crippen LogP contribution in [0.1, 0.15) is 31.4 Å². The summed E-state index contributed by atoms with van der Waals surface area (Å²) in [7, 11) is 1.55. The second-order valence-corrected chi connectivity index (χ2v) is 10.7. The Balaban J connectivity index is 1.45. The number of hydrogen-bond acceptors (Lipinski definition) is 5. The first-order valence-corrected chi connectivity index (χ1v) is 13.0. The molecule has 3 heterocycles. The Hall–Kier alpha value is -3.75. The van der Waals surface area contributed by atoms with E-state index in [1.54, 1.807) is 7.05 Å². The number of carbonyl (C=O) groups is 3. The van der Waals surface area contributed by atoms with Gasteiger partial charge in [-0.1, -0.05) is 60.7 Å². The summed E-state index contributed by atoms with van der Waals surface area (Å²) in [6.45, 7) is 1.48. The van der Waals surface area contributed by atoms with Crippen LogP contribution >= 0.6 is 0 Å². The molecule has 0 saturated carbocycles. The second-order valence-electron chi connectivity index (χ2n) is 10.7. The molecule has 8 nitrogen and oxygen atoms in total. The van der Waals surface area contributed by atoms with Crippen LogP contribution in [0.2, 0.25) is 0 Å². The molecule has 3 N–H and O–H groups in total. The van der Waals surface area contributed by atoms with Gasteiger partial charge in [0.2, 0.25) is 17.7 Å². The lowest BCUT2D eigenvalue weighted by Gasteiger charge is -2.37. The quantitative estimate of drug-likeness (QED) is 0.470. The van der Waals surface area contributed by atoms with Crippen LogP contribution in [0.15, 0.2) is 72.8 Å². The van der Waals surface area contributed by atoms with Crippen LogP contribution in [0, 0.1) is 11.8 Å². The number of benzene rings is 3. The van der Waals surface area contributed by atoms with Crippen LogP contribution in [0.5, 0.6) is 0 Å². The Kier molecular flexibility index (Phi) is 5.77. The highest BCUT2D eigenvalue weighted by atomic mass is 16.5. The molecule has 3 amide bonds. The van der Waals surface area contributed by atoms with Crippen molar-refractivity contribution in [2.75, 3.05) is 19.0 Å². The summed E-state index contributed by atoms with van der Waals surface area (Å²) in [6, 6.07) is 20.9. The predicted molar refractivity (Wildman–Crippen MR) is 142 cm³/mol. The molecule has 3 aromatic carbocycles. The van der Waals surface area contributed by atoms with Gasteiger partial charge in [0.1, 0.15) is 11.6 Å². The number of rotatable bonds is 6. The van der Waals surface area contributed by atoms with Gasteiger partial charge in [0.25, 0.3) is 0 Å². The zero-order chi connectivity index (χ0) is 26.7. The highest BCUT2D eigenvalue weighted by Crippen LogP contribution is 2.64. The van der Waals surface area contributed by atoms with Crippen molar-refractivity contribution in [1.29, 1.82) is 0 Å². The van der Waals surface area contributed by atoms with Gasteiger partial charge in [-0.15, -0.1) is 0 Å². The van der Waals surface area contributed by atoms with Gasteiger partial charge in [0, 0.05) is 12.7 Å². The smallest absolute Gasteiger partial charge is 0.250 e. The fourth-order valence-electron chi connectivity index (χ4n) is 7.06. The molecule has 8 heteroatoms. The van der Waals surface area contributed by atoms with Crippen molar-refractivity contribution in [2.24, 2.45) is 11.8 Å². The minimum Gasteiger partial charge on any atom is -0.394 e. The molecule has 2 bridgehead atoms. The zero-order valence-electron chi connectivity index (χ0n) is 21.4. The van der Waals surface area contributed by atoms with E-state index in [0.29, 0.717) is 24.1 Å². The molecule has 6 atom stereocenters. The number of aliphatic hydroxyl groups excluding tert-OH is 1. The third-order valence-electron chi connectivity index (χ3n) is 8.70. The van der Waals surface area contributed by atoms with Gasteiger partial charge in [-0.3, -0.25) is 14.4 Å². The van der Waals surface area contributed by atoms with Crippen LogP contribution in [0.25, 0.3) is 10.8 Å². The lowest BCUT2D eigenvalue weighted by molar-refractivity contribution is -0.148. The van der Waals surface area contributed by atoms with Gasteiger partial charge in [0.15, 0.2) is 0 Å². The Morgan fingerprint density at radius 2 is 1.74 bits per heavy atom. The van der Waals surface area contributed by atoms with Gasteiger partial charge in [-0.25, -0.2) is 0 Å². The van der Waals surface area contributed by atoms with E-state index in [1.165, 1.54) is 4.90 Å². The highest BCUT2D eigenvalue weighted by molar-refractivity contribution is 6.04. The average molecular weight is 514 g/mol. The Bertz CT molecular complexity index is 1430. The lowest BCUT2D eigenvalue weighted by Crippen LogP contribution is -2.54. The third-order valence-corrected chi connectivity index (χ3v) is 8.70. The Morgan fingerprint density at radius 1 is 1.03 bits per heavy atom. The molecule has 196 valence electrons. The largest absolute Gasteiger partial charge is 0.394 e. The first-order chi connectivity index (χ1) is 18.3. The number of carbonyl (C=O) groups excluding carboxylic acids is 3. The minimum atomic E-state index is -1.17. The summed E-state index contributed by atoms with van der Waals surface area (Å²) in [6.07, 6.45) is 1.02. The molecule has 3 aliphatic heterocycles. The molecular formula is C30H31N3O5. The molecule has 6 rings (SSSR count). The van der Waals surface area contributed by atoms with Crippen molar-refractivity contribution in [3.63, 3.8) is 0 Å². The molecule has 0 aromatic heterocycles. The maximum Gasteiger partial charge on any atom is 0.250 e. The van der Waals surface area contributed by atoms with E-state index in [9.17, 15) is 19.5 Å². The van der Waals surface area contributed by atoms with Crippen molar-refractivity contribution in [1.82, 2.24) is 10.2 Å². The first kappa shape index (κ1) is 24.6. The first-order valence-electron chi connectivity index (χ1n) is 13.0. The van der Waals surface area contributed by atoms with Crippen molar-refractivity contribution in [3.8, 4) is 0 Å². The molecule has 0 radical (unpaired) electrons. The molecule has 3 aromatic rings. The van der Waals surface area contributed by atoms with Crippen LogP contribution in [0.3, 0.4) is 0 Å². The van der Waals surface area contributed by atoms with Gasteiger partial charge in [-0.2, -0.15) is 0 Å². The maximum atomic E-state index is 14.2. The summed E-state index contributed by atoms with van der Waals surface area (Å²) >= 11 is 0. The standard InChI is InChI=1S/C30H31N3O5/c1-29-14-15-30(38-29)24(23(29)26(35)31-2)28(37)33(22(17-34)19-9-4-3-5-10-19)25(30)27(36)32-21-13-12-18-8-6-7-11-20(18)16-21/h3-13,16,22-25,34H,14-15,17H2,1-2H3,(H,31,35)(H,32,36)/t22-,23+,24+,25?,29-,30?/m1/s1. The van der Waals surface area contributed by atoms with Crippen molar-refractivity contribution in [3.05, 3.63) is 78.4 Å². The van der Waals surface area contributed by atoms with Crippen LogP contribution < -0.4 is 10.6 Å². The molecule has 1 spiro atoms. The number of hydrogen-bond donors (Lipinski definition) is 3. The lowest BCUT2D eigenvalue weighted by atomic mass is 9.66. The molecule has 3 aliphatic rings. The van der Waals surface area contributed by atoms with Crippen molar-refractivity contribution in [2.45, 2.75) is 43.1 Å². The number of anilines is 1. The SMILES string of the molecule is CNC(=O)[C@@H]1[C@H]2C(=O)N([C@H](CO)c3ccccc3)C(C(=O)Nc3ccc4ccccc4c3)C23CC[C@@]1(C)O3.